The van der Waals surface area contributed by atoms with Gasteiger partial charge in [-0.05, 0) is 38.7 Å². The number of likely N-dealkylation sites (N-methyl/N-ethyl adjacent to an activating group) is 1. The average molecular weight is 390 g/mol. The molecule has 0 aliphatic carbocycles. The fourth-order valence-corrected chi connectivity index (χ4v) is 2.83. The second-order valence-corrected chi connectivity index (χ2v) is 6.76. The molecule has 0 spiro atoms. The van der Waals surface area contributed by atoms with E-state index in [9.17, 15) is 14.4 Å². The van der Waals surface area contributed by atoms with Crippen molar-refractivity contribution in [1.29, 1.82) is 0 Å². The number of nitrogens with one attached hydrogen (secondary N) is 2. The molecule has 0 saturated heterocycles. The zero-order valence-electron chi connectivity index (χ0n) is 16.5. The third kappa shape index (κ3) is 5.08. The van der Waals surface area contributed by atoms with Crippen LogP contribution in [0.25, 0.3) is 0 Å². The quantitative estimate of drug-likeness (QED) is 0.543. The van der Waals surface area contributed by atoms with Crippen molar-refractivity contribution in [1.82, 2.24) is 9.80 Å². The van der Waals surface area contributed by atoms with E-state index in [4.69, 9.17) is 9.84 Å². The zero-order chi connectivity index (χ0) is 20.8. The van der Waals surface area contributed by atoms with Crippen LogP contribution in [-0.2, 0) is 19.1 Å². The number of amides is 2. The van der Waals surface area contributed by atoms with Crippen molar-refractivity contribution >= 4 is 29.2 Å². The monoisotopic (exact) mass is 390 g/mol. The minimum atomic E-state index is -0.623. The van der Waals surface area contributed by atoms with Gasteiger partial charge < -0.3 is 30.3 Å². The van der Waals surface area contributed by atoms with E-state index in [0.717, 1.165) is 5.56 Å². The lowest BCUT2D eigenvalue weighted by molar-refractivity contribution is -0.136. The highest BCUT2D eigenvalue weighted by Gasteiger charge is 2.34. The fourth-order valence-electron chi connectivity index (χ4n) is 2.83. The van der Waals surface area contributed by atoms with E-state index >= 15 is 0 Å². The summed E-state index contributed by atoms with van der Waals surface area (Å²) in [4.78, 5) is 40.1. The second kappa shape index (κ2) is 9.34. The molecule has 0 unspecified atom stereocenters. The summed E-state index contributed by atoms with van der Waals surface area (Å²) in [5, 5.41) is 14.9. The smallest absolute Gasteiger partial charge is 0.337 e. The van der Waals surface area contributed by atoms with Crippen LogP contribution in [0.3, 0.4) is 0 Å². The molecule has 1 heterocycles. The Bertz CT molecular complexity index is 804. The topological polar surface area (TPSA) is 111 Å². The Morgan fingerprint density at radius 2 is 2.00 bits per heavy atom. The summed E-state index contributed by atoms with van der Waals surface area (Å²) in [6.07, 6.45) is 0. The van der Waals surface area contributed by atoms with Crippen LogP contribution in [0.2, 0.25) is 0 Å². The molecule has 9 nitrogen and oxygen atoms in total. The molecule has 9 heteroatoms. The lowest BCUT2D eigenvalue weighted by Crippen LogP contribution is -2.31. The first-order valence-electron chi connectivity index (χ1n) is 8.80. The number of β-amino-alcohol motifs (C(OH)–C–C–N with tert-alkyl or cyclic N) is 1. The number of ether oxygens (including phenoxy) is 1. The van der Waals surface area contributed by atoms with Gasteiger partial charge in [-0.25, -0.2) is 4.79 Å². The molecular weight excluding hydrogens is 364 g/mol. The molecule has 1 aromatic rings. The Morgan fingerprint density at radius 1 is 1.29 bits per heavy atom. The minimum Gasteiger partial charge on any atom is -0.466 e. The molecule has 2 amide bonds. The van der Waals surface area contributed by atoms with Crippen LogP contribution >= 0.6 is 0 Å². The summed E-state index contributed by atoms with van der Waals surface area (Å²) >= 11 is 0. The van der Waals surface area contributed by atoms with Gasteiger partial charge in [0.25, 0.3) is 5.91 Å². The summed E-state index contributed by atoms with van der Waals surface area (Å²) in [6.45, 7) is 2.00. The van der Waals surface area contributed by atoms with E-state index in [2.05, 4.69) is 10.6 Å². The van der Waals surface area contributed by atoms with Crippen LogP contribution in [0, 0.1) is 6.92 Å². The van der Waals surface area contributed by atoms with Crippen molar-refractivity contribution in [3.05, 3.63) is 35.0 Å². The number of benzene rings is 1. The summed E-state index contributed by atoms with van der Waals surface area (Å²) < 4.78 is 4.79. The molecule has 1 aliphatic heterocycles. The van der Waals surface area contributed by atoms with Gasteiger partial charge in [-0.1, -0.05) is 6.07 Å². The zero-order valence-corrected chi connectivity index (χ0v) is 16.5. The molecule has 152 valence electrons. The maximum absolute atomic E-state index is 12.7. The molecule has 0 fully saturated rings. The summed E-state index contributed by atoms with van der Waals surface area (Å²) in [7, 11) is 4.81. The number of nitrogens with zero attached hydrogens (tertiary/aromatic N) is 2. The van der Waals surface area contributed by atoms with E-state index in [1.54, 1.807) is 31.1 Å². The molecule has 1 aromatic carbocycles. The lowest BCUT2D eigenvalue weighted by atomic mass is 10.1. The van der Waals surface area contributed by atoms with Gasteiger partial charge in [-0.3, -0.25) is 9.59 Å². The predicted octanol–water partition coefficient (Wildman–Crippen LogP) is 0.169. The number of aliphatic hydroxyl groups excluding tert-OH is 1. The molecule has 0 atom stereocenters. The van der Waals surface area contributed by atoms with Gasteiger partial charge in [0.1, 0.15) is 5.70 Å². The highest BCUT2D eigenvalue weighted by Crippen LogP contribution is 2.28. The van der Waals surface area contributed by atoms with Gasteiger partial charge in [0, 0.05) is 6.54 Å². The van der Waals surface area contributed by atoms with Crippen molar-refractivity contribution in [2.24, 2.45) is 0 Å². The number of esters is 1. The maximum Gasteiger partial charge on any atom is 0.337 e. The van der Waals surface area contributed by atoms with Crippen LogP contribution in [-0.4, -0.2) is 80.1 Å². The number of rotatable bonds is 8. The van der Waals surface area contributed by atoms with Crippen molar-refractivity contribution in [3.63, 3.8) is 0 Å². The number of hydrogen-bond donors (Lipinski definition) is 3. The van der Waals surface area contributed by atoms with E-state index in [-0.39, 0.29) is 43.4 Å². The van der Waals surface area contributed by atoms with Crippen LogP contribution in [0.4, 0.5) is 11.4 Å². The molecule has 0 radical (unpaired) electrons. The largest absolute Gasteiger partial charge is 0.466 e. The van der Waals surface area contributed by atoms with Gasteiger partial charge in [-0.2, -0.15) is 0 Å². The predicted molar refractivity (Wildman–Crippen MR) is 105 cm³/mol. The van der Waals surface area contributed by atoms with Crippen LogP contribution in [0.15, 0.2) is 29.5 Å². The van der Waals surface area contributed by atoms with E-state index in [1.807, 2.05) is 13.0 Å². The van der Waals surface area contributed by atoms with E-state index < -0.39 is 11.9 Å². The van der Waals surface area contributed by atoms with Crippen molar-refractivity contribution in [3.8, 4) is 0 Å². The molecule has 0 bridgehead atoms. The number of aliphatic hydroxyl groups is 1. The average Bonchev–Trinajstić information content (AvgIpc) is 2.92. The normalized spacial score (nSPS) is 13.9. The second-order valence-electron chi connectivity index (χ2n) is 6.76. The summed E-state index contributed by atoms with van der Waals surface area (Å²) in [6, 6.07) is 5.34. The highest BCUT2D eigenvalue weighted by atomic mass is 16.5. The Labute approximate surface area is 163 Å². The first-order chi connectivity index (χ1) is 13.3. The van der Waals surface area contributed by atoms with Gasteiger partial charge >= 0.3 is 5.97 Å². The number of hydrogen-bond acceptors (Lipinski definition) is 7. The van der Waals surface area contributed by atoms with Gasteiger partial charge in [0.05, 0.1) is 43.8 Å². The molecule has 0 aromatic heterocycles. The summed E-state index contributed by atoms with van der Waals surface area (Å²) in [5.74, 6) is -1.25. The van der Waals surface area contributed by atoms with Gasteiger partial charge in [-0.15, -0.1) is 0 Å². The van der Waals surface area contributed by atoms with Crippen molar-refractivity contribution in [2.45, 2.75) is 6.92 Å². The summed E-state index contributed by atoms with van der Waals surface area (Å²) in [5.41, 5.74) is 2.14. The molecule has 3 N–H and O–H groups in total. The maximum atomic E-state index is 12.7. The number of anilines is 2. The molecule has 28 heavy (non-hydrogen) atoms. The van der Waals surface area contributed by atoms with E-state index in [0.29, 0.717) is 11.4 Å². The standard InChI is InChI=1S/C19H26N4O5/c1-12-5-6-14(20-16(25)11-22(2)3)15(9-12)21-17-13(19(27)28-4)10-23(7-8-24)18(17)26/h5-6,9,21,24H,7-8,10-11H2,1-4H3,(H,20,25). The Hall–Kier alpha value is -2.91. The number of carbonyl (C=O) groups is 3. The molecule has 2 rings (SSSR count). The van der Waals surface area contributed by atoms with Crippen LogP contribution in [0.1, 0.15) is 5.56 Å². The fraction of sp³-hybridized carbons (Fsp3) is 0.421. The van der Waals surface area contributed by atoms with Crippen molar-refractivity contribution in [2.75, 3.05) is 58.1 Å². The molecule has 0 saturated carbocycles. The van der Waals surface area contributed by atoms with Crippen LogP contribution < -0.4 is 10.6 Å². The first kappa shape index (κ1) is 21.4. The Morgan fingerprint density at radius 3 is 2.61 bits per heavy atom. The van der Waals surface area contributed by atoms with Crippen LogP contribution in [0.5, 0.6) is 0 Å². The Kier molecular flexibility index (Phi) is 7.13. The van der Waals surface area contributed by atoms with Gasteiger partial charge in [0.15, 0.2) is 0 Å². The third-order valence-corrected chi connectivity index (χ3v) is 4.12. The van der Waals surface area contributed by atoms with E-state index in [1.165, 1.54) is 12.0 Å². The van der Waals surface area contributed by atoms with Crippen molar-refractivity contribution < 1.29 is 24.2 Å². The van der Waals surface area contributed by atoms with Gasteiger partial charge in [0.2, 0.25) is 5.91 Å². The Balaban J connectivity index is 2.36. The number of methoxy groups -OCH3 is 1. The minimum absolute atomic E-state index is 0.0442. The lowest BCUT2D eigenvalue weighted by Gasteiger charge is -2.17. The number of carbonyl (C=O) groups excluding carboxylic acids is 3. The third-order valence-electron chi connectivity index (χ3n) is 4.12. The number of aryl methyl sites for hydroxylation is 1. The highest BCUT2D eigenvalue weighted by molar-refractivity contribution is 6.09. The first-order valence-corrected chi connectivity index (χ1v) is 8.80. The SMILES string of the molecule is COC(=O)C1=C(Nc2cc(C)ccc2NC(=O)CN(C)C)C(=O)N(CCO)C1. The molecular formula is C19H26N4O5. The molecule has 1 aliphatic rings.